The first kappa shape index (κ1) is 22.7. The molecule has 29 heavy (non-hydrogen) atoms. The quantitative estimate of drug-likeness (QED) is 0.674. The number of nitrogens with zero attached hydrogens (tertiary/aromatic N) is 1. The highest BCUT2D eigenvalue weighted by atomic mass is 32.2. The van der Waals surface area contributed by atoms with E-state index in [0.717, 1.165) is 5.56 Å². The van der Waals surface area contributed by atoms with Crippen LogP contribution in [-0.2, 0) is 14.8 Å². The van der Waals surface area contributed by atoms with E-state index in [4.69, 9.17) is 4.74 Å². The molecule has 0 aromatic heterocycles. The first-order valence-corrected chi connectivity index (χ1v) is 11.1. The zero-order chi connectivity index (χ0) is 21.6. The molecule has 0 fully saturated rings. The molecule has 1 N–H and O–H groups in total. The van der Waals surface area contributed by atoms with Gasteiger partial charge in [-0.05, 0) is 55.7 Å². The van der Waals surface area contributed by atoms with Gasteiger partial charge in [-0.2, -0.15) is 0 Å². The molecule has 6 nitrogen and oxygen atoms in total. The van der Waals surface area contributed by atoms with Crippen molar-refractivity contribution in [3.8, 4) is 5.75 Å². The lowest BCUT2D eigenvalue weighted by Gasteiger charge is -2.25. The minimum Gasteiger partial charge on any atom is -0.497 e. The molecule has 7 heteroatoms. The van der Waals surface area contributed by atoms with E-state index >= 15 is 0 Å². The SMILES string of the molecule is COc1ccc(N(CCC(=O)NCC(C)C)S(=O)(=O)c2ccc(C)cc2C)cc1. The van der Waals surface area contributed by atoms with Crippen molar-refractivity contribution < 1.29 is 17.9 Å². The second kappa shape index (κ2) is 9.78. The van der Waals surface area contributed by atoms with Crippen molar-refractivity contribution in [2.75, 3.05) is 24.5 Å². The number of ether oxygens (including phenoxy) is 1. The van der Waals surface area contributed by atoms with Crippen LogP contribution in [0.25, 0.3) is 0 Å². The van der Waals surface area contributed by atoms with Gasteiger partial charge in [-0.3, -0.25) is 9.10 Å². The molecular weight excluding hydrogens is 388 g/mol. The van der Waals surface area contributed by atoms with Crippen LogP contribution in [0.15, 0.2) is 47.4 Å². The van der Waals surface area contributed by atoms with Crippen LogP contribution in [0.5, 0.6) is 5.75 Å². The van der Waals surface area contributed by atoms with E-state index < -0.39 is 10.0 Å². The number of nitrogens with one attached hydrogen (secondary N) is 1. The Hall–Kier alpha value is -2.54. The fraction of sp³-hybridized carbons (Fsp3) is 0.409. The molecule has 2 aromatic carbocycles. The van der Waals surface area contributed by atoms with Crippen LogP contribution in [0.2, 0.25) is 0 Å². The van der Waals surface area contributed by atoms with Gasteiger partial charge in [0, 0.05) is 19.5 Å². The first-order valence-electron chi connectivity index (χ1n) is 9.66. The molecule has 158 valence electrons. The Morgan fingerprint density at radius 2 is 1.76 bits per heavy atom. The van der Waals surface area contributed by atoms with Gasteiger partial charge in [0.05, 0.1) is 17.7 Å². The van der Waals surface area contributed by atoms with Gasteiger partial charge in [0.25, 0.3) is 10.0 Å². The van der Waals surface area contributed by atoms with Crippen LogP contribution in [-0.4, -0.2) is 34.5 Å². The summed E-state index contributed by atoms with van der Waals surface area (Å²) in [6.45, 7) is 8.32. The van der Waals surface area contributed by atoms with Crippen LogP contribution in [0.1, 0.15) is 31.4 Å². The number of hydrogen-bond donors (Lipinski definition) is 1. The van der Waals surface area contributed by atoms with Crippen LogP contribution in [0.3, 0.4) is 0 Å². The summed E-state index contributed by atoms with van der Waals surface area (Å²) in [5.74, 6) is 0.788. The average molecular weight is 419 g/mol. The van der Waals surface area contributed by atoms with Gasteiger partial charge in [-0.25, -0.2) is 8.42 Å². The highest BCUT2D eigenvalue weighted by Gasteiger charge is 2.27. The molecule has 1 amide bonds. The molecule has 0 heterocycles. The number of carbonyl (C=O) groups excluding carboxylic acids is 1. The van der Waals surface area contributed by atoms with Crippen molar-refractivity contribution in [3.63, 3.8) is 0 Å². The van der Waals surface area contributed by atoms with Crippen molar-refractivity contribution in [2.45, 2.75) is 39.0 Å². The Kier molecular flexibility index (Phi) is 7.67. The topological polar surface area (TPSA) is 75.7 Å². The summed E-state index contributed by atoms with van der Waals surface area (Å²) >= 11 is 0. The van der Waals surface area contributed by atoms with E-state index in [0.29, 0.717) is 29.5 Å². The third-order valence-corrected chi connectivity index (χ3v) is 6.50. The predicted molar refractivity (Wildman–Crippen MR) is 116 cm³/mol. The maximum Gasteiger partial charge on any atom is 0.264 e. The van der Waals surface area contributed by atoms with Crippen molar-refractivity contribution in [1.82, 2.24) is 5.32 Å². The third kappa shape index (κ3) is 5.97. The Morgan fingerprint density at radius 3 is 2.31 bits per heavy atom. The molecule has 0 unspecified atom stereocenters. The van der Waals surface area contributed by atoms with E-state index in [1.807, 2.05) is 26.8 Å². The van der Waals surface area contributed by atoms with Crippen LogP contribution in [0.4, 0.5) is 5.69 Å². The largest absolute Gasteiger partial charge is 0.497 e. The summed E-state index contributed by atoms with van der Waals surface area (Å²) in [6, 6.07) is 12.0. The average Bonchev–Trinajstić information content (AvgIpc) is 2.66. The Morgan fingerprint density at radius 1 is 1.10 bits per heavy atom. The van der Waals surface area contributed by atoms with Crippen LogP contribution < -0.4 is 14.4 Å². The van der Waals surface area contributed by atoms with E-state index in [1.165, 1.54) is 4.31 Å². The number of amides is 1. The van der Waals surface area contributed by atoms with Gasteiger partial charge in [0.1, 0.15) is 5.75 Å². The maximum absolute atomic E-state index is 13.5. The number of carbonyl (C=O) groups is 1. The van der Waals surface area contributed by atoms with Gasteiger partial charge in [0.2, 0.25) is 5.91 Å². The molecule has 0 aliphatic rings. The van der Waals surface area contributed by atoms with Gasteiger partial charge in [-0.15, -0.1) is 0 Å². The summed E-state index contributed by atoms with van der Waals surface area (Å²) in [4.78, 5) is 12.4. The molecule has 0 saturated carbocycles. The summed E-state index contributed by atoms with van der Waals surface area (Å²) in [7, 11) is -2.28. The Balaban J connectivity index is 2.36. The van der Waals surface area contributed by atoms with Gasteiger partial charge in [-0.1, -0.05) is 31.5 Å². The maximum atomic E-state index is 13.5. The first-order chi connectivity index (χ1) is 13.6. The number of aryl methyl sites for hydroxylation is 2. The van der Waals surface area contributed by atoms with Crippen molar-refractivity contribution in [3.05, 3.63) is 53.6 Å². The number of anilines is 1. The van der Waals surface area contributed by atoms with E-state index in [1.54, 1.807) is 50.4 Å². The monoisotopic (exact) mass is 418 g/mol. The van der Waals surface area contributed by atoms with Gasteiger partial charge < -0.3 is 10.1 Å². The molecule has 0 aliphatic heterocycles. The highest BCUT2D eigenvalue weighted by Crippen LogP contribution is 2.28. The number of hydrogen-bond acceptors (Lipinski definition) is 4. The molecule has 0 atom stereocenters. The summed E-state index contributed by atoms with van der Waals surface area (Å²) in [6.07, 6.45) is 0.0723. The minimum atomic E-state index is -3.84. The standard InChI is InChI=1S/C22H30N2O4S/c1-16(2)15-23-22(25)12-13-24(19-7-9-20(28-5)10-8-19)29(26,27)21-11-6-17(3)14-18(21)4/h6-11,14,16H,12-13,15H2,1-5H3,(H,23,25). The van der Waals surface area contributed by atoms with Gasteiger partial charge in [0.15, 0.2) is 0 Å². The summed E-state index contributed by atoms with van der Waals surface area (Å²) < 4.78 is 33.4. The molecule has 0 saturated heterocycles. The van der Waals surface area contributed by atoms with E-state index in [-0.39, 0.29) is 23.8 Å². The molecule has 2 aromatic rings. The van der Waals surface area contributed by atoms with Crippen molar-refractivity contribution in [1.29, 1.82) is 0 Å². The second-order valence-electron chi connectivity index (χ2n) is 7.49. The lowest BCUT2D eigenvalue weighted by atomic mass is 10.2. The predicted octanol–water partition coefficient (Wildman–Crippen LogP) is 3.67. The van der Waals surface area contributed by atoms with Gasteiger partial charge >= 0.3 is 0 Å². The second-order valence-corrected chi connectivity index (χ2v) is 9.32. The molecule has 0 spiro atoms. The lowest BCUT2D eigenvalue weighted by Crippen LogP contribution is -2.36. The molecule has 0 radical (unpaired) electrons. The van der Waals surface area contributed by atoms with Crippen molar-refractivity contribution >= 4 is 21.6 Å². The Labute approximate surface area is 173 Å². The zero-order valence-electron chi connectivity index (χ0n) is 17.7. The van der Waals surface area contributed by atoms with Crippen molar-refractivity contribution in [2.24, 2.45) is 5.92 Å². The number of methoxy groups -OCH3 is 1. The summed E-state index contributed by atoms with van der Waals surface area (Å²) in [5, 5.41) is 2.84. The smallest absolute Gasteiger partial charge is 0.264 e. The normalized spacial score (nSPS) is 11.4. The fourth-order valence-corrected chi connectivity index (χ4v) is 4.63. The Bertz CT molecular complexity index is 938. The number of rotatable bonds is 9. The molecular formula is C22H30N2O4S. The van der Waals surface area contributed by atoms with E-state index in [9.17, 15) is 13.2 Å². The van der Waals surface area contributed by atoms with Crippen LogP contribution >= 0.6 is 0 Å². The minimum absolute atomic E-state index is 0.0475. The van der Waals surface area contributed by atoms with Crippen LogP contribution in [0, 0.1) is 19.8 Å². The van der Waals surface area contributed by atoms with E-state index in [2.05, 4.69) is 5.32 Å². The lowest BCUT2D eigenvalue weighted by molar-refractivity contribution is -0.121. The molecule has 0 bridgehead atoms. The number of sulfonamides is 1. The summed E-state index contributed by atoms with van der Waals surface area (Å²) in [5.41, 5.74) is 2.15. The third-order valence-electron chi connectivity index (χ3n) is 4.51. The number of benzene rings is 2. The highest BCUT2D eigenvalue weighted by molar-refractivity contribution is 7.92. The molecule has 0 aliphatic carbocycles. The fourth-order valence-electron chi connectivity index (χ4n) is 2.95. The zero-order valence-corrected chi connectivity index (χ0v) is 18.5. The molecule has 2 rings (SSSR count).